The van der Waals surface area contributed by atoms with E-state index in [1.165, 1.54) is 11.6 Å². The van der Waals surface area contributed by atoms with Gasteiger partial charge in [0.15, 0.2) is 0 Å². The van der Waals surface area contributed by atoms with Crippen LogP contribution in [-0.2, 0) is 11.3 Å². The average molecular weight is 641 g/mol. The van der Waals surface area contributed by atoms with Gasteiger partial charge in [-0.25, -0.2) is 4.79 Å². The number of rotatable bonds is 12. The number of carbonyl (C=O) groups is 1. The summed E-state index contributed by atoms with van der Waals surface area (Å²) in [4.78, 5) is 24.1. The Kier molecular flexibility index (Phi) is 9.97. The predicted molar refractivity (Wildman–Crippen MR) is 180 cm³/mol. The molecule has 1 saturated heterocycles. The summed E-state index contributed by atoms with van der Waals surface area (Å²) in [6, 6.07) is 26.0. The standard InChI is InChI=1S/C36H37ClN4O5/c1-24-2-11-29(20-30(24)35(43)44)46-36-38-33-21-31(32(37)22-34(33)39-36)28-9-7-27(8-10-28)26-5-3-25(4-6-26)23-41-14-12-40(13-15-41)16-18-45-19-17-42/h2-11,20-22,42H,12-19,23H2,1H3,(H,38,39)(H,43,44). The minimum Gasteiger partial charge on any atom is -0.478 e. The van der Waals surface area contributed by atoms with Gasteiger partial charge in [0.1, 0.15) is 5.75 Å². The van der Waals surface area contributed by atoms with Gasteiger partial charge < -0.3 is 24.7 Å². The second-order valence-corrected chi connectivity index (χ2v) is 11.9. The van der Waals surface area contributed by atoms with Crippen LogP contribution in [0.3, 0.4) is 0 Å². The zero-order valence-corrected chi connectivity index (χ0v) is 26.5. The lowest BCUT2D eigenvalue weighted by atomic mass is 9.99. The van der Waals surface area contributed by atoms with E-state index in [1.54, 1.807) is 19.1 Å². The molecule has 0 radical (unpaired) electrons. The van der Waals surface area contributed by atoms with Crippen LogP contribution in [0.5, 0.6) is 11.8 Å². The van der Waals surface area contributed by atoms with Crippen LogP contribution in [0.25, 0.3) is 33.3 Å². The number of carboxylic acids is 1. The van der Waals surface area contributed by atoms with Crippen molar-refractivity contribution in [2.75, 3.05) is 52.5 Å². The molecule has 1 fully saturated rings. The number of aliphatic hydroxyl groups excluding tert-OH is 1. The van der Waals surface area contributed by atoms with Gasteiger partial charge in [-0.3, -0.25) is 9.80 Å². The van der Waals surface area contributed by atoms with Gasteiger partial charge in [-0.05, 0) is 59.0 Å². The van der Waals surface area contributed by atoms with Crippen LogP contribution < -0.4 is 4.74 Å². The molecule has 1 aromatic heterocycles. The fourth-order valence-electron chi connectivity index (χ4n) is 5.72. The first-order valence-electron chi connectivity index (χ1n) is 15.4. The number of nitrogens with zero attached hydrogens (tertiary/aromatic N) is 3. The van der Waals surface area contributed by atoms with E-state index in [1.807, 2.05) is 12.1 Å². The normalized spacial score (nSPS) is 14.2. The number of hydrogen-bond acceptors (Lipinski definition) is 7. The molecule has 0 bridgehead atoms. The van der Waals surface area contributed by atoms with Crippen molar-refractivity contribution in [3.8, 4) is 34.0 Å². The van der Waals surface area contributed by atoms with Gasteiger partial charge in [0.25, 0.3) is 6.01 Å². The maximum atomic E-state index is 11.5. The minimum atomic E-state index is -1.01. The van der Waals surface area contributed by atoms with Crippen molar-refractivity contribution in [1.29, 1.82) is 0 Å². The molecule has 2 heterocycles. The van der Waals surface area contributed by atoms with Crippen molar-refractivity contribution < 1.29 is 24.5 Å². The van der Waals surface area contributed by atoms with E-state index in [9.17, 15) is 9.90 Å². The summed E-state index contributed by atoms with van der Waals surface area (Å²) < 4.78 is 11.2. The van der Waals surface area contributed by atoms with Gasteiger partial charge >= 0.3 is 5.97 Å². The molecule has 6 rings (SSSR count). The van der Waals surface area contributed by atoms with Crippen LogP contribution in [-0.4, -0.2) is 88.5 Å². The maximum absolute atomic E-state index is 11.5. The summed E-state index contributed by atoms with van der Waals surface area (Å²) >= 11 is 6.70. The largest absolute Gasteiger partial charge is 0.478 e. The molecule has 0 atom stereocenters. The highest BCUT2D eigenvalue weighted by Gasteiger charge is 2.17. The highest BCUT2D eigenvalue weighted by Crippen LogP contribution is 2.34. The number of hydrogen-bond donors (Lipinski definition) is 3. The Morgan fingerprint density at radius 3 is 2.26 bits per heavy atom. The van der Waals surface area contributed by atoms with Crippen molar-refractivity contribution in [2.24, 2.45) is 0 Å². The number of aliphatic hydroxyl groups is 1. The molecule has 10 heteroatoms. The number of imidazole rings is 1. The van der Waals surface area contributed by atoms with Gasteiger partial charge in [-0.2, -0.15) is 4.98 Å². The molecule has 1 aliphatic rings. The third-order valence-electron chi connectivity index (χ3n) is 8.34. The molecule has 0 aliphatic carbocycles. The topological polar surface area (TPSA) is 111 Å². The third kappa shape index (κ3) is 7.58. The summed E-state index contributed by atoms with van der Waals surface area (Å²) in [7, 11) is 0. The van der Waals surface area contributed by atoms with Crippen molar-refractivity contribution in [3.05, 3.63) is 101 Å². The summed E-state index contributed by atoms with van der Waals surface area (Å²) in [6.07, 6.45) is 0. The zero-order chi connectivity index (χ0) is 32.0. The molecule has 238 valence electrons. The van der Waals surface area contributed by atoms with Crippen LogP contribution in [0.4, 0.5) is 0 Å². The van der Waals surface area contributed by atoms with Gasteiger partial charge in [-0.15, -0.1) is 0 Å². The maximum Gasteiger partial charge on any atom is 0.336 e. The van der Waals surface area contributed by atoms with Crippen molar-refractivity contribution in [2.45, 2.75) is 13.5 Å². The van der Waals surface area contributed by atoms with Gasteiger partial charge in [0, 0.05) is 44.8 Å². The summed E-state index contributed by atoms with van der Waals surface area (Å²) in [6.45, 7) is 8.86. The van der Waals surface area contributed by atoms with E-state index in [-0.39, 0.29) is 18.2 Å². The second-order valence-electron chi connectivity index (χ2n) is 11.5. The van der Waals surface area contributed by atoms with Crippen molar-refractivity contribution in [1.82, 2.24) is 19.8 Å². The second kappa shape index (κ2) is 14.5. The number of nitrogens with one attached hydrogen (secondary N) is 1. The van der Waals surface area contributed by atoms with Crippen LogP contribution in [0, 0.1) is 6.92 Å². The fourth-order valence-corrected chi connectivity index (χ4v) is 5.99. The number of benzene rings is 4. The Bertz CT molecular complexity index is 1800. The number of ether oxygens (including phenoxy) is 2. The highest BCUT2D eigenvalue weighted by molar-refractivity contribution is 6.34. The lowest BCUT2D eigenvalue weighted by Gasteiger charge is -2.34. The molecular weight excluding hydrogens is 604 g/mol. The van der Waals surface area contributed by atoms with Crippen molar-refractivity contribution in [3.63, 3.8) is 0 Å². The molecule has 0 amide bonds. The lowest BCUT2D eigenvalue weighted by Crippen LogP contribution is -2.46. The third-order valence-corrected chi connectivity index (χ3v) is 8.66. The number of aromatic carboxylic acids is 1. The number of carboxylic acid groups (broad SMARTS) is 1. The monoisotopic (exact) mass is 640 g/mol. The lowest BCUT2D eigenvalue weighted by molar-refractivity contribution is 0.0564. The molecule has 5 aromatic rings. The van der Waals surface area contributed by atoms with Crippen LogP contribution in [0.2, 0.25) is 5.02 Å². The Hall–Kier alpha value is -4.25. The minimum absolute atomic E-state index is 0.0748. The van der Waals surface area contributed by atoms with Crippen LogP contribution in [0.1, 0.15) is 21.5 Å². The smallest absolute Gasteiger partial charge is 0.336 e. The Labute approximate surface area is 273 Å². The van der Waals surface area contributed by atoms with Crippen molar-refractivity contribution >= 4 is 28.6 Å². The number of fused-ring (bicyclic) bond motifs is 1. The van der Waals surface area contributed by atoms with Gasteiger partial charge in [0.05, 0.1) is 41.4 Å². The van der Waals surface area contributed by atoms with E-state index in [2.05, 4.69) is 68.3 Å². The zero-order valence-electron chi connectivity index (χ0n) is 25.7. The molecule has 4 aromatic carbocycles. The molecule has 3 N–H and O–H groups in total. The number of aromatic amines is 1. The van der Waals surface area contributed by atoms with Gasteiger partial charge in [0.2, 0.25) is 0 Å². The Morgan fingerprint density at radius 2 is 1.57 bits per heavy atom. The first-order valence-corrected chi connectivity index (χ1v) is 15.8. The van der Waals surface area contributed by atoms with E-state index in [4.69, 9.17) is 26.2 Å². The molecule has 1 aliphatic heterocycles. The Balaban J connectivity index is 1.08. The summed E-state index contributed by atoms with van der Waals surface area (Å²) in [5, 5.41) is 18.8. The average Bonchev–Trinajstić information content (AvgIpc) is 3.45. The predicted octanol–water partition coefficient (Wildman–Crippen LogP) is 6.48. The molecule has 46 heavy (non-hydrogen) atoms. The van der Waals surface area contributed by atoms with E-state index >= 15 is 0 Å². The number of aromatic nitrogens is 2. The van der Waals surface area contributed by atoms with E-state index in [0.29, 0.717) is 35.1 Å². The number of piperazine rings is 1. The highest BCUT2D eigenvalue weighted by atomic mass is 35.5. The molecule has 0 saturated carbocycles. The number of H-pyrrole nitrogens is 1. The molecular formula is C36H37ClN4O5. The first-order chi connectivity index (χ1) is 22.4. The molecule has 0 unspecified atom stereocenters. The summed E-state index contributed by atoms with van der Waals surface area (Å²) in [5.74, 6) is -0.626. The fraction of sp³-hybridized carbons (Fsp3) is 0.278. The first kappa shape index (κ1) is 31.7. The number of halogens is 1. The molecule has 9 nitrogen and oxygen atoms in total. The van der Waals surface area contributed by atoms with Crippen LogP contribution in [0.15, 0.2) is 78.9 Å². The molecule has 0 spiro atoms. The van der Waals surface area contributed by atoms with Crippen LogP contribution >= 0.6 is 11.6 Å². The Morgan fingerprint density at radius 1 is 0.891 bits per heavy atom. The van der Waals surface area contributed by atoms with E-state index in [0.717, 1.165) is 67.0 Å². The SMILES string of the molecule is Cc1ccc(Oc2nc3cc(-c4ccc(-c5ccc(CN6CCN(CCOCCO)CC6)cc5)cc4)c(Cl)cc3[nH]2)cc1C(=O)O. The van der Waals surface area contributed by atoms with Gasteiger partial charge in [-0.1, -0.05) is 66.2 Å². The summed E-state index contributed by atoms with van der Waals surface area (Å²) in [5.41, 5.74) is 7.65. The number of aryl methyl sites for hydroxylation is 1. The quantitative estimate of drug-likeness (QED) is 0.133. The van der Waals surface area contributed by atoms with E-state index < -0.39 is 5.97 Å².